The van der Waals surface area contributed by atoms with E-state index in [0.29, 0.717) is 40.8 Å². The first kappa shape index (κ1) is 25.6. The number of benzene rings is 2. The SMILES string of the molecule is CCc1[nH]n(-c2ccc(Cl)c(Cl)c2)c(=O)c1C1=C(N(C)CC)C(=O)N(c2cc(C)ccc2OC)C1=O. The number of imide groups is 1. The molecule has 0 radical (unpaired) electrons. The Morgan fingerprint density at radius 1 is 1.00 bits per heavy atom. The van der Waals surface area contributed by atoms with Gasteiger partial charge < -0.3 is 9.64 Å². The molecule has 0 unspecified atom stereocenters. The topological polar surface area (TPSA) is 87.6 Å². The van der Waals surface area contributed by atoms with Crippen LogP contribution < -0.4 is 15.2 Å². The van der Waals surface area contributed by atoms with Gasteiger partial charge in [-0.05, 0) is 56.2 Å². The second-order valence-corrected chi connectivity index (χ2v) is 9.23. The van der Waals surface area contributed by atoms with Crippen LogP contribution in [0.4, 0.5) is 5.69 Å². The maximum atomic E-state index is 14.0. The number of methoxy groups -OCH3 is 1. The summed E-state index contributed by atoms with van der Waals surface area (Å²) in [6.45, 7) is 6.03. The summed E-state index contributed by atoms with van der Waals surface area (Å²) in [4.78, 5) is 44.2. The summed E-state index contributed by atoms with van der Waals surface area (Å²) in [6.07, 6.45) is 0.417. The zero-order valence-electron chi connectivity index (χ0n) is 20.6. The molecule has 188 valence electrons. The molecule has 1 aromatic heterocycles. The average molecular weight is 529 g/mol. The highest BCUT2D eigenvalue weighted by atomic mass is 35.5. The van der Waals surface area contributed by atoms with Crippen molar-refractivity contribution in [2.24, 2.45) is 0 Å². The van der Waals surface area contributed by atoms with Crippen LogP contribution in [-0.2, 0) is 16.0 Å². The van der Waals surface area contributed by atoms with Gasteiger partial charge in [0.2, 0.25) is 0 Å². The van der Waals surface area contributed by atoms with Gasteiger partial charge in [-0.25, -0.2) is 9.58 Å². The lowest BCUT2D eigenvalue weighted by molar-refractivity contribution is -0.120. The van der Waals surface area contributed by atoms with E-state index in [1.807, 2.05) is 26.8 Å². The van der Waals surface area contributed by atoms with Crippen molar-refractivity contribution in [2.75, 3.05) is 25.6 Å². The van der Waals surface area contributed by atoms with E-state index in [0.717, 1.165) is 10.5 Å². The summed E-state index contributed by atoms with van der Waals surface area (Å²) < 4.78 is 6.76. The monoisotopic (exact) mass is 528 g/mol. The Morgan fingerprint density at radius 2 is 1.72 bits per heavy atom. The van der Waals surface area contributed by atoms with Gasteiger partial charge in [0.15, 0.2) is 0 Å². The molecule has 1 N–H and O–H groups in total. The lowest BCUT2D eigenvalue weighted by atomic mass is 10.0. The third kappa shape index (κ3) is 4.10. The standard InChI is InChI=1S/C26H26Cl2N4O4/c1-6-18-21(25(34)32(29-18)15-9-10-16(27)17(28)13-15)22-23(30(4)7-2)26(35)31(24(22)33)19-12-14(3)8-11-20(19)36-5/h8-13,29H,6-7H2,1-5H3. The summed E-state index contributed by atoms with van der Waals surface area (Å²) in [7, 11) is 3.19. The maximum Gasteiger partial charge on any atom is 0.282 e. The van der Waals surface area contributed by atoms with Gasteiger partial charge in [0.1, 0.15) is 11.4 Å². The second-order valence-electron chi connectivity index (χ2n) is 8.42. The van der Waals surface area contributed by atoms with Crippen molar-refractivity contribution in [1.82, 2.24) is 14.7 Å². The lowest BCUT2D eigenvalue weighted by Crippen LogP contribution is -2.34. The second kappa shape index (κ2) is 9.87. The van der Waals surface area contributed by atoms with Gasteiger partial charge in [0.05, 0.1) is 39.7 Å². The normalized spacial score (nSPS) is 13.7. The third-order valence-electron chi connectivity index (χ3n) is 6.22. The van der Waals surface area contributed by atoms with E-state index in [2.05, 4.69) is 5.10 Å². The molecule has 0 saturated carbocycles. The lowest BCUT2D eigenvalue weighted by Gasteiger charge is -2.21. The Kier molecular flexibility index (Phi) is 7.02. The smallest absolute Gasteiger partial charge is 0.282 e. The molecule has 0 spiro atoms. The molecule has 3 aromatic rings. The largest absolute Gasteiger partial charge is 0.495 e. The predicted octanol–water partition coefficient (Wildman–Crippen LogP) is 4.59. The van der Waals surface area contributed by atoms with Crippen LogP contribution >= 0.6 is 23.2 Å². The summed E-state index contributed by atoms with van der Waals surface area (Å²) in [6, 6.07) is 10.0. The molecule has 0 saturated heterocycles. The van der Waals surface area contributed by atoms with Crippen molar-refractivity contribution < 1.29 is 14.3 Å². The molecule has 8 nitrogen and oxygen atoms in total. The number of ether oxygens (including phenoxy) is 1. The number of rotatable bonds is 7. The minimum absolute atomic E-state index is 0.0461. The summed E-state index contributed by atoms with van der Waals surface area (Å²) in [5.41, 5.74) is 2.01. The molecule has 4 rings (SSSR count). The number of hydrogen-bond donors (Lipinski definition) is 1. The molecular formula is C26H26Cl2N4O4. The van der Waals surface area contributed by atoms with E-state index in [-0.39, 0.29) is 21.9 Å². The summed E-state index contributed by atoms with van der Waals surface area (Å²) in [5.74, 6) is -0.738. The fraction of sp³-hybridized carbons (Fsp3) is 0.269. The van der Waals surface area contributed by atoms with E-state index in [1.165, 1.54) is 11.8 Å². The molecule has 36 heavy (non-hydrogen) atoms. The first-order valence-corrected chi connectivity index (χ1v) is 12.2. The van der Waals surface area contributed by atoms with Crippen LogP contribution in [0.1, 0.15) is 30.7 Å². The van der Waals surface area contributed by atoms with E-state index >= 15 is 0 Å². The molecule has 1 aliphatic heterocycles. The number of anilines is 1. The molecule has 10 heteroatoms. The van der Waals surface area contributed by atoms with Crippen LogP contribution in [0.15, 0.2) is 46.9 Å². The Bertz CT molecular complexity index is 1470. The number of aromatic nitrogens is 2. The number of likely N-dealkylation sites (N-methyl/N-ethyl adjacent to an activating group) is 1. The van der Waals surface area contributed by atoms with Gasteiger partial charge in [-0.2, -0.15) is 0 Å². The van der Waals surface area contributed by atoms with Crippen LogP contribution in [-0.4, -0.2) is 47.2 Å². The van der Waals surface area contributed by atoms with Crippen LogP contribution in [0.3, 0.4) is 0 Å². The highest BCUT2D eigenvalue weighted by molar-refractivity contribution is 6.46. The molecule has 2 amide bonds. The van der Waals surface area contributed by atoms with Gasteiger partial charge in [-0.15, -0.1) is 0 Å². The summed E-state index contributed by atoms with van der Waals surface area (Å²) in [5, 5.41) is 3.72. The molecule has 2 heterocycles. The van der Waals surface area contributed by atoms with Crippen LogP contribution in [0.5, 0.6) is 5.75 Å². The molecule has 0 aliphatic carbocycles. The zero-order chi connectivity index (χ0) is 26.3. The highest BCUT2D eigenvalue weighted by Crippen LogP contribution is 2.39. The number of hydrogen-bond acceptors (Lipinski definition) is 5. The number of nitrogens with zero attached hydrogens (tertiary/aromatic N) is 3. The van der Waals surface area contributed by atoms with Gasteiger partial charge in [-0.3, -0.25) is 19.5 Å². The predicted molar refractivity (Wildman–Crippen MR) is 141 cm³/mol. The number of nitrogens with one attached hydrogen (secondary N) is 1. The maximum absolute atomic E-state index is 14.0. The molecule has 0 bridgehead atoms. The summed E-state index contributed by atoms with van der Waals surface area (Å²) >= 11 is 12.2. The zero-order valence-corrected chi connectivity index (χ0v) is 22.1. The Hall–Kier alpha value is -3.49. The Balaban J connectivity index is 1.97. The minimum Gasteiger partial charge on any atom is -0.495 e. The van der Waals surface area contributed by atoms with E-state index in [4.69, 9.17) is 27.9 Å². The van der Waals surface area contributed by atoms with Crippen LogP contribution in [0.25, 0.3) is 11.3 Å². The molecular weight excluding hydrogens is 503 g/mol. The van der Waals surface area contributed by atoms with Crippen molar-refractivity contribution >= 4 is 46.3 Å². The molecule has 2 aromatic carbocycles. The van der Waals surface area contributed by atoms with Gasteiger partial charge in [-0.1, -0.05) is 36.2 Å². The van der Waals surface area contributed by atoms with Gasteiger partial charge >= 0.3 is 0 Å². The van der Waals surface area contributed by atoms with E-state index < -0.39 is 17.4 Å². The number of carbonyl (C=O) groups excluding carboxylic acids is 2. The number of amides is 2. The first-order chi connectivity index (χ1) is 17.1. The number of aryl methyl sites for hydroxylation is 2. The average Bonchev–Trinajstić information content (AvgIpc) is 3.32. The van der Waals surface area contributed by atoms with E-state index in [1.54, 1.807) is 42.3 Å². The van der Waals surface area contributed by atoms with Crippen molar-refractivity contribution in [3.8, 4) is 11.4 Å². The number of H-pyrrole nitrogens is 1. The number of aromatic amines is 1. The van der Waals surface area contributed by atoms with Gasteiger partial charge in [0.25, 0.3) is 17.4 Å². The fourth-order valence-corrected chi connectivity index (χ4v) is 4.54. The highest BCUT2D eigenvalue weighted by Gasteiger charge is 2.44. The fourth-order valence-electron chi connectivity index (χ4n) is 4.25. The molecule has 1 aliphatic rings. The minimum atomic E-state index is -0.591. The van der Waals surface area contributed by atoms with E-state index in [9.17, 15) is 14.4 Å². The van der Waals surface area contributed by atoms with Crippen LogP contribution in [0, 0.1) is 6.92 Å². The molecule has 0 atom stereocenters. The third-order valence-corrected chi connectivity index (χ3v) is 6.96. The Labute approximate surface area is 218 Å². The first-order valence-electron chi connectivity index (χ1n) is 11.4. The Morgan fingerprint density at radius 3 is 2.33 bits per heavy atom. The van der Waals surface area contributed by atoms with Crippen molar-refractivity contribution in [2.45, 2.75) is 27.2 Å². The molecule has 0 fully saturated rings. The number of halogens is 2. The van der Waals surface area contributed by atoms with Crippen molar-refractivity contribution in [1.29, 1.82) is 0 Å². The van der Waals surface area contributed by atoms with Crippen molar-refractivity contribution in [3.63, 3.8) is 0 Å². The van der Waals surface area contributed by atoms with Gasteiger partial charge in [0, 0.05) is 19.3 Å². The quantitative estimate of drug-likeness (QED) is 0.453. The van der Waals surface area contributed by atoms with Crippen LogP contribution in [0.2, 0.25) is 10.0 Å². The number of carbonyl (C=O) groups is 2. The van der Waals surface area contributed by atoms with Crippen molar-refractivity contribution in [3.05, 3.63) is 79.3 Å².